The average Bonchev–Trinajstić information content (AvgIpc) is 2.54. The molecule has 0 saturated carbocycles. The van der Waals surface area contributed by atoms with Crippen LogP contribution in [-0.2, 0) is 10.0 Å². The second kappa shape index (κ2) is 6.02. The van der Waals surface area contributed by atoms with Crippen LogP contribution in [0.4, 0.5) is 4.39 Å². The third-order valence-electron chi connectivity index (χ3n) is 3.94. The SMILES string of the molecule is Cc1ccc(S(=O)(=O)N2CC(C)(F)CC(c3ccccc3)=N2)cc1. The van der Waals surface area contributed by atoms with E-state index in [1.165, 1.54) is 19.1 Å². The largest absolute Gasteiger partial charge is 0.279 e. The third kappa shape index (κ3) is 3.33. The Morgan fingerprint density at radius 1 is 1.08 bits per heavy atom. The summed E-state index contributed by atoms with van der Waals surface area (Å²) in [5.74, 6) is 0. The topological polar surface area (TPSA) is 49.7 Å². The van der Waals surface area contributed by atoms with Gasteiger partial charge in [-0.25, -0.2) is 4.39 Å². The van der Waals surface area contributed by atoms with Crippen molar-refractivity contribution < 1.29 is 12.8 Å². The fourth-order valence-electron chi connectivity index (χ4n) is 2.65. The van der Waals surface area contributed by atoms with E-state index in [1.54, 1.807) is 24.3 Å². The molecule has 1 aliphatic rings. The summed E-state index contributed by atoms with van der Waals surface area (Å²) in [7, 11) is -3.88. The highest BCUT2D eigenvalue weighted by Gasteiger charge is 2.38. The van der Waals surface area contributed by atoms with Crippen molar-refractivity contribution in [2.75, 3.05) is 6.54 Å². The van der Waals surface area contributed by atoms with Gasteiger partial charge in [-0.15, -0.1) is 0 Å². The molecule has 6 heteroatoms. The van der Waals surface area contributed by atoms with Crippen LogP contribution in [0.15, 0.2) is 64.6 Å². The van der Waals surface area contributed by atoms with Gasteiger partial charge in [0.05, 0.1) is 17.2 Å². The zero-order valence-corrected chi connectivity index (χ0v) is 14.4. The zero-order chi connectivity index (χ0) is 17.4. The first-order chi connectivity index (χ1) is 11.3. The molecule has 1 heterocycles. The molecule has 0 bridgehead atoms. The molecule has 0 N–H and O–H groups in total. The monoisotopic (exact) mass is 346 g/mol. The molecule has 126 valence electrons. The van der Waals surface area contributed by atoms with E-state index < -0.39 is 15.7 Å². The van der Waals surface area contributed by atoms with Crippen molar-refractivity contribution in [3.63, 3.8) is 0 Å². The minimum Gasteiger partial charge on any atom is -0.242 e. The molecule has 24 heavy (non-hydrogen) atoms. The van der Waals surface area contributed by atoms with Crippen LogP contribution in [0.1, 0.15) is 24.5 Å². The molecule has 2 aromatic rings. The Morgan fingerprint density at radius 2 is 1.71 bits per heavy atom. The molecule has 2 aromatic carbocycles. The maximum absolute atomic E-state index is 14.8. The summed E-state index contributed by atoms with van der Waals surface area (Å²) in [6.07, 6.45) is 0.0803. The Morgan fingerprint density at radius 3 is 2.33 bits per heavy atom. The molecule has 1 aliphatic heterocycles. The molecule has 0 amide bonds. The molecule has 0 fully saturated rings. The molecule has 0 radical (unpaired) electrons. The van der Waals surface area contributed by atoms with Gasteiger partial charge in [0.1, 0.15) is 5.67 Å². The summed E-state index contributed by atoms with van der Waals surface area (Å²) in [6.45, 7) is 2.99. The second-order valence-electron chi connectivity index (χ2n) is 6.30. The third-order valence-corrected chi connectivity index (χ3v) is 5.57. The van der Waals surface area contributed by atoms with E-state index in [0.717, 1.165) is 15.5 Å². The van der Waals surface area contributed by atoms with E-state index in [4.69, 9.17) is 0 Å². The van der Waals surface area contributed by atoms with Crippen LogP contribution in [0.25, 0.3) is 0 Å². The standard InChI is InChI=1S/C18H19FN2O2S/c1-14-8-10-16(11-9-14)24(22,23)21-13-18(2,19)12-17(20-21)15-6-4-3-5-7-15/h3-11H,12-13H2,1-2H3. The van der Waals surface area contributed by atoms with Crippen LogP contribution in [-0.4, -0.2) is 30.8 Å². The van der Waals surface area contributed by atoms with Crippen molar-refractivity contribution in [3.8, 4) is 0 Å². The maximum Gasteiger partial charge on any atom is 0.279 e. The van der Waals surface area contributed by atoms with Gasteiger partial charge in [-0.1, -0.05) is 48.0 Å². The predicted molar refractivity (Wildman–Crippen MR) is 92.2 cm³/mol. The van der Waals surface area contributed by atoms with E-state index in [0.29, 0.717) is 5.71 Å². The van der Waals surface area contributed by atoms with Gasteiger partial charge in [-0.05, 0) is 31.5 Å². The van der Waals surface area contributed by atoms with Gasteiger partial charge in [0, 0.05) is 6.42 Å². The molecule has 0 aliphatic carbocycles. The van der Waals surface area contributed by atoms with Crippen LogP contribution in [0.5, 0.6) is 0 Å². The Kier molecular flexibility index (Phi) is 4.17. The maximum atomic E-state index is 14.8. The van der Waals surface area contributed by atoms with Crippen LogP contribution in [0.2, 0.25) is 0 Å². The van der Waals surface area contributed by atoms with E-state index in [-0.39, 0.29) is 17.9 Å². The lowest BCUT2D eigenvalue weighted by Crippen LogP contribution is -2.44. The van der Waals surface area contributed by atoms with Crippen molar-refractivity contribution in [1.82, 2.24) is 4.41 Å². The van der Waals surface area contributed by atoms with Gasteiger partial charge in [-0.2, -0.15) is 17.9 Å². The van der Waals surface area contributed by atoms with Gasteiger partial charge in [0.2, 0.25) is 0 Å². The normalized spacial score (nSPS) is 21.5. The quantitative estimate of drug-likeness (QED) is 0.854. The lowest BCUT2D eigenvalue weighted by atomic mass is 9.95. The number of alkyl halides is 1. The van der Waals surface area contributed by atoms with Crippen LogP contribution < -0.4 is 0 Å². The van der Waals surface area contributed by atoms with E-state index >= 15 is 0 Å². The summed E-state index contributed by atoms with van der Waals surface area (Å²) < 4.78 is 41.3. The fraction of sp³-hybridized carbons (Fsp3) is 0.278. The van der Waals surface area contributed by atoms with Crippen molar-refractivity contribution in [2.24, 2.45) is 5.10 Å². The lowest BCUT2D eigenvalue weighted by Gasteiger charge is -2.33. The Bertz CT molecular complexity index is 860. The zero-order valence-electron chi connectivity index (χ0n) is 13.6. The Balaban J connectivity index is 2.04. The van der Waals surface area contributed by atoms with Gasteiger partial charge < -0.3 is 0 Å². The molecular weight excluding hydrogens is 327 g/mol. The van der Waals surface area contributed by atoms with E-state index in [2.05, 4.69) is 5.10 Å². The van der Waals surface area contributed by atoms with E-state index in [1.807, 2.05) is 25.1 Å². The van der Waals surface area contributed by atoms with Gasteiger partial charge in [-0.3, -0.25) is 0 Å². The van der Waals surface area contributed by atoms with Crippen molar-refractivity contribution in [3.05, 3.63) is 65.7 Å². The van der Waals surface area contributed by atoms with Gasteiger partial charge >= 0.3 is 0 Å². The second-order valence-corrected chi connectivity index (χ2v) is 8.14. The van der Waals surface area contributed by atoms with Gasteiger partial charge in [0.25, 0.3) is 10.0 Å². The Labute approximate surface area is 141 Å². The molecule has 0 spiro atoms. The number of hydrogen-bond donors (Lipinski definition) is 0. The number of nitrogens with zero attached hydrogens (tertiary/aromatic N) is 2. The lowest BCUT2D eigenvalue weighted by molar-refractivity contribution is 0.147. The van der Waals surface area contributed by atoms with Crippen LogP contribution >= 0.6 is 0 Å². The number of aryl methyl sites for hydroxylation is 1. The summed E-state index contributed by atoms with van der Waals surface area (Å²) in [6, 6.07) is 15.6. The predicted octanol–water partition coefficient (Wildman–Crippen LogP) is 3.52. The molecule has 0 aromatic heterocycles. The summed E-state index contributed by atoms with van der Waals surface area (Å²) in [4.78, 5) is 0.113. The van der Waals surface area contributed by atoms with Gasteiger partial charge in [0.15, 0.2) is 0 Å². The molecule has 1 unspecified atom stereocenters. The highest BCUT2D eigenvalue weighted by atomic mass is 32.2. The number of sulfonamides is 1. The molecular formula is C18H19FN2O2S. The minimum atomic E-state index is -3.88. The Hall–Kier alpha value is -2.21. The summed E-state index contributed by atoms with van der Waals surface area (Å²) >= 11 is 0. The molecule has 3 rings (SSSR count). The number of halogens is 1. The van der Waals surface area contributed by atoms with E-state index in [9.17, 15) is 12.8 Å². The fourth-order valence-corrected chi connectivity index (χ4v) is 4.02. The smallest absolute Gasteiger partial charge is 0.242 e. The highest BCUT2D eigenvalue weighted by molar-refractivity contribution is 7.89. The highest BCUT2D eigenvalue weighted by Crippen LogP contribution is 2.29. The van der Waals surface area contributed by atoms with Crippen LogP contribution in [0, 0.1) is 6.92 Å². The number of hydrogen-bond acceptors (Lipinski definition) is 3. The average molecular weight is 346 g/mol. The first-order valence-corrected chi connectivity index (χ1v) is 9.13. The molecule has 4 nitrogen and oxygen atoms in total. The van der Waals surface area contributed by atoms with Crippen molar-refractivity contribution in [1.29, 1.82) is 0 Å². The summed E-state index contributed by atoms with van der Waals surface area (Å²) in [5.41, 5.74) is 0.439. The van der Waals surface area contributed by atoms with Crippen molar-refractivity contribution >= 4 is 15.7 Å². The minimum absolute atomic E-state index is 0.0803. The molecule has 0 saturated heterocycles. The number of benzene rings is 2. The summed E-state index contributed by atoms with van der Waals surface area (Å²) in [5, 5.41) is 4.24. The van der Waals surface area contributed by atoms with Crippen LogP contribution in [0.3, 0.4) is 0 Å². The molecule has 1 atom stereocenters. The number of rotatable bonds is 3. The first-order valence-electron chi connectivity index (χ1n) is 7.69. The van der Waals surface area contributed by atoms with Crippen molar-refractivity contribution in [2.45, 2.75) is 30.8 Å². The first kappa shape index (κ1) is 16.6. The number of hydrazone groups is 1.